The minimum atomic E-state index is -1.52. The topological polar surface area (TPSA) is 108 Å². The van der Waals surface area contributed by atoms with E-state index >= 15 is 0 Å². The molecule has 0 aromatic carbocycles. The van der Waals surface area contributed by atoms with E-state index in [1.54, 1.807) is 0 Å². The number of carboxylic acids is 1. The first-order valence-electron chi connectivity index (χ1n) is 36.3. The number of carbonyl (C=O) groups is 3. The van der Waals surface area contributed by atoms with E-state index in [0.29, 0.717) is 17.4 Å². The Labute approximate surface area is 548 Å². The van der Waals surface area contributed by atoms with Gasteiger partial charge in [-0.05, 0) is 116 Å². The summed E-state index contributed by atoms with van der Waals surface area (Å²) in [4.78, 5) is 37.6. The number of esters is 2. The Kier molecular flexibility index (Phi) is 65.8. The Balaban J connectivity index is 4.09. The van der Waals surface area contributed by atoms with Gasteiger partial charge in [-0.2, -0.15) is 0 Å². The van der Waals surface area contributed by atoms with Crippen molar-refractivity contribution in [3.8, 4) is 0 Å². The van der Waals surface area contributed by atoms with E-state index < -0.39 is 24.3 Å². The van der Waals surface area contributed by atoms with Gasteiger partial charge in [-0.3, -0.25) is 9.59 Å². The number of hydrogen-bond donors (Lipinski definition) is 1. The molecule has 0 bridgehead atoms. The first-order chi connectivity index (χ1) is 43.6. The first kappa shape index (κ1) is 84.4. The molecule has 89 heavy (non-hydrogen) atoms. The molecular formula is C80H136NO8+. The van der Waals surface area contributed by atoms with Gasteiger partial charge in [0.05, 0.1) is 34.4 Å². The number of ether oxygens (including phenoxy) is 4. The lowest BCUT2D eigenvalue weighted by molar-refractivity contribution is -0.870. The summed E-state index contributed by atoms with van der Waals surface area (Å²) in [6.45, 7) is 4.76. The average Bonchev–Trinajstić information content (AvgIpc) is 3.64. The largest absolute Gasteiger partial charge is 0.477 e. The Morgan fingerprint density at radius 3 is 0.955 bits per heavy atom. The second-order valence-corrected chi connectivity index (χ2v) is 25.2. The monoisotopic (exact) mass is 1240 g/mol. The zero-order valence-electron chi connectivity index (χ0n) is 58.0. The van der Waals surface area contributed by atoms with Crippen molar-refractivity contribution in [2.75, 3.05) is 47.5 Å². The van der Waals surface area contributed by atoms with E-state index in [-0.39, 0.29) is 38.6 Å². The van der Waals surface area contributed by atoms with Gasteiger partial charge in [0.15, 0.2) is 6.10 Å². The van der Waals surface area contributed by atoms with Crippen LogP contribution in [0.1, 0.15) is 296 Å². The van der Waals surface area contributed by atoms with E-state index in [9.17, 15) is 19.5 Å². The molecule has 0 aromatic heterocycles. The molecule has 0 aliphatic rings. The van der Waals surface area contributed by atoms with Crippen LogP contribution in [-0.2, 0) is 33.3 Å². The normalized spacial score (nSPS) is 13.5. The zero-order chi connectivity index (χ0) is 64.7. The molecule has 0 saturated heterocycles. The number of hydrogen-bond acceptors (Lipinski definition) is 7. The fourth-order valence-corrected chi connectivity index (χ4v) is 9.86. The molecule has 2 unspecified atom stereocenters. The molecule has 0 radical (unpaired) electrons. The maximum atomic E-state index is 13.0. The predicted octanol–water partition coefficient (Wildman–Crippen LogP) is 22.9. The van der Waals surface area contributed by atoms with Crippen LogP contribution in [0.4, 0.5) is 0 Å². The molecule has 0 saturated carbocycles. The lowest BCUT2D eigenvalue weighted by atomic mass is 10.0. The molecule has 0 amide bonds. The van der Waals surface area contributed by atoms with Crippen LogP contribution in [0, 0.1) is 0 Å². The van der Waals surface area contributed by atoms with Gasteiger partial charge in [-0.1, -0.05) is 302 Å². The number of rotatable bonds is 66. The maximum absolute atomic E-state index is 13.0. The Morgan fingerprint density at radius 1 is 0.348 bits per heavy atom. The number of nitrogens with zero attached hydrogens (tertiary/aromatic N) is 1. The molecule has 0 spiro atoms. The van der Waals surface area contributed by atoms with Crippen molar-refractivity contribution < 1.29 is 42.9 Å². The first-order valence-corrected chi connectivity index (χ1v) is 36.3. The molecular weight excluding hydrogens is 1100 g/mol. The van der Waals surface area contributed by atoms with Crippen LogP contribution in [0.25, 0.3) is 0 Å². The van der Waals surface area contributed by atoms with Gasteiger partial charge in [0.2, 0.25) is 0 Å². The molecule has 0 aliphatic carbocycles. The number of allylic oxidation sites excluding steroid dienone is 22. The lowest BCUT2D eigenvalue weighted by Crippen LogP contribution is -2.40. The van der Waals surface area contributed by atoms with Crippen LogP contribution >= 0.6 is 0 Å². The number of aliphatic carboxylic acids is 1. The van der Waals surface area contributed by atoms with Crippen molar-refractivity contribution in [3.05, 3.63) is 134 Å². The van der Waals surface area contributed by atoms with Crippen LogP contribution in [0.3, 0.4) is 0 Å². The van der Waals surface area contributed by atoms with Gasteiger partial charge in [0, 0.05) is 12.8 Å². The van der Waals surface area contributed by atoms with Crippen molar-refractivity contribution in [3.63, 3.8) is 0 Å². The second-order valence-electron chi connectivity index (χ2n) is 25.2. The number of likely N-dealkylation sites (N-methyl/N-ethyl adjacent to an activating group) is 1. The van der Waals surface area contributed by atoms with Crippen molar-refractivity contribution >= 4 is 17.9 Å². The third kappa shape index (κ3) is 70.7. The predicted molar refractivity (Wildman–Crippen MR) is 382 cm³/mol. The molecule has 508 valence electrons. The van der Waals surface area contributed by atoms with E-state index in [4.69, 9.17) is 18.9 Å². The minimum Gasteiger partial charge on any atom is -0.477 e. The highest BCUT2D eigenvalue weighted by Crippen LogP contribution is 2.17. The van der Waals surface area contributed by atoms with Crippen molar-refractivity contribution in [1.82, 2.24) is 0 Å². The minimum absolute atomic E-state index is 0.182. The van der Waals surface area contributed by atoms with Crippen LogP contribution in [0.5, 0.6) is 0 Å². The summed E-state index contributed by atoms with van der Waals surface area (Å²) in [5.74, 6) is -2.01. The molecule has 0 aromatic rings. The van der Waals surface area contributed by atoms with Gasteiger partial charge in [-0.25, -0.2) is 4.79 Å². The summed E-state index contributed by atoms with van der Waals surface area (Å²) in [7, 11) is 5.97. The SMILES string of the molecule is CC/C=C\C/C=C\C/C=C\C/C=C\C/C=C\C/C=C\C/C=C\C/C=C\CCCCCCCCCCCCCCCCCCC(=O)OC(COC(=O)CCCCCCCCCC/C=C\C/C=C\C/C=C\CCCCCCC)COC(OCC[N+](C)(C)C)C(=O)O. The van der Waals surface area contributed by atoms with Crippen molar-refractivity contribution in [2.45, 2.75) is 309 Å². The van der Waals surface area contributed by atoms with Crippen LogP contribution in [0.15, 0.2) is 134 Å². The Hall–Kier alpha value is -4.57. The van der Waals surface area contributed by atoms with Crippen LogP contribution < -0.4 is 0 Å². The Morgan fingerprint density at radius 2 is 0.640 bits per heavy atom. The van der Waals surface area contributed by atoms with Crippen molar-refractivity contribution in [1.29, 1.82) is 0 Å². The number of carbonyl (C=O) groups excluding carboxylic acids is 2. The molecule has 2 atom stereocenters. The summed E-state index contributed by atoms with van der Waals surface area (Å²) in [6, 6.07) is 0. The Bertz CT molecular complexity index is 1930. The van der Waals surface area contributed by atoms with Gasteiger partial charge in [-0.15, -0.1) is 0 Å². The molecule has 0 heterocycles. The van der Waals surface area contributed by atoms with E-state index in [1.165, 1.54) is 154 Å². The third-order valence-electron chi connectivity index (χ3n) is 15.4. The summed E-state index contributed by atoms with van der Waals surface area (Å²) in [6.07, 6.45) is 97.1. The lowest BCUT2D eigenvalue weighted by Gasteiger charge is -2.25. The van der Waals surface area contributed by atoms with Gasteiger partial charge < -0.3 is 28.5 Å². The fraction of sp³-hybridized carbons (Fsp3) is 0.688. The smallest absolute Gasteiger partial charge is 0.361 e. The van der Waals surface area contributed by atoms with Gasteiger partial charge in [0.25, 0.3) is 6.29 Å². The standard InChI is InChI=1S/C80H135NO8/c1-6-8-10-12-14-16-18-20-22-24-26-28-30-31-32-33-34-35-36-37-38-39-40-41-42-43-44-45-46-47-49-51-53-55-57-59-61-63-65-67-69-71-78(83)89-76(75-88-80(79(84)85)86-73-72-81(3,4)5)74-87-77(82)70-68-66-64-62-60-58-56-54-52-50-48-29-27-25-23-21-19-17-15-13-11-9-7-2/h8,10,14,16,19-22,25-28,31-32,34-35,37-38,40-41,48,50,76,80H,6-7,9,11-13,15,17-18,23-24,29-30,33,36,39,42-47,49,51-75H2,1-5H3/p+1/b10-8-,16-14-,21-19-,22-20-,27-25-,28-26-,32-31-,35-34-,38-37-,41-40-,50-48-. The quantitative estimate of drug-likeness (QED) is 0.0211. The summed E-state index contributed by atoms with van der Waals surface area (Å²) < 4.78 is 23.0. The van der Waals surface area contributed by atoms with Gasteiger partial charge >= 0.3 is 17.9 Å². The molecule has 0 fully saturated rings. The molecule has 0 rings (SSSR count). The number of quaternary nitrogens is 1. The molecule has 9 heteroatoms. The summed E-state index contributed by atoms with van der Waals surface area (Å²) >= 11 is 0. The second kappa shape index (κ2) is 69.3. The summed E-state index contributed by atoms with van der Waals surface area (Å²) in [5.41, 5.74) is 0. The zero-order valence-corrected chi connectivity index (χ0v) is 58.0. The third-order valence-corrected chi connectivity index (χ3v) is 15.4. The highest BCUT2D eigenvalue weighted by Gasteiger charge is 2.25. The molecule has 9 nitrogen and oxygen atoms in total. The highest BCUT2D eigenvalue weighted by molar-refractivity contribution is 5.71. The van der Waals surface area contributed by atoms with E-state index in [0.717, 1.165) is 109 Å². The molecule has 0 aliphatic heterocycles. The van der Waals surface area contributed by atoms with E-state index in [2.05, 4.69) is 148 Å². The summed E-state index contributed by atoms with van der Waals surface area (Å²) in [5, 5.41) is 9.75. The van der Waals surface area contributed by atoms with Crippen molar-refractivity contribution in [2.24, 2.45) is 0 Å². The fourth-order valence-electron chi connectivity index (χ4n) is 9.86. The average molecular weight is 1240 g/mol. The number of unbranched alkanes of at least 4 members (excludes halogenated alkanes) is 29. The van der Waals surface area contributed by atoms with Crippen LogP contribution in [0.2, 0.25) is 0 Å². The van der Waals surface area contributed by atoms with Crippen LogP contribution in [-0.4, -0.2) is 87.4 Å². The van der Waals surface area contributed by atoms with Gasteiger partial charge in [0.1, 0.15) is 13.2 Å². The number of carboxylic acid groups (broad SMARTS) is 1. The molecule has 1 N–H and O–H groups in total. The maximum Gasteiger partial charge on any atom is 0.361 e. The van der Waals surface area contributed by atoms with E-state index in [1.807, 2.05) is 21.1 Å². The highest BCUT2D eigenvalue weighted by atomic mass is 16.7.